The number of fused-ring (bicyclic) bond motifs is 3. The Morgan fingerprint density at radius 3 is 2.24 bits per heavy atom. The molecule has 0 bridgehead atoms. The Kier molecular flexibility index (Phi) is 7.38. The summed E-state index contributed by atoms with van der Waals surface area (Å²) in [5.41, 5.74) is 3.76. The van der Waals surface area contributed by atoms with Gasteiger partial charge in [-0.15, -0.1) is 0 Å². The fraction of sp³-hybridized carbons (Fsp3) is 0.300. The molecule has 0 spiro atoms. The maximum atomic E-state index is 14.5. The summed E-state index contributed by atoms with van der Waals surface area (Å²) in [7, 11) is 0. The van der Waals surface area contributed by atoms with Crippen molar-refractivity contribution < 1.29 is 13.2 Å². The lowest BCUT2D eigenvalue weighted by Gasteiger charge is -2.22. The fourth-order valence-corrected chi connectivity index (χ4v) is 5.63. The van der Waals surface area contributed by atoms with E-state index < -0.39 is 11.9 Å². The quantitative estimate of drug-likeness (QED) is 0.183. The van der Waals surface area contributed by atoms with Gasteiger partial charge in [-0.1, -0.05) is 69.3 Å². The molecule has 0 aliphatic rings. The highest BCUT2D eigenvalue weighted by atomic mass is 79.9. The lowest BCUT2D eigenvalue weighted by Crippen LogP contribution is -2.26. The summed E-state index contributed by atoms with van der Waals surface area (Å²) in [5.74, 6) is 0.577. The minimum Gasteiger partial charge on any atom is -0.293 e. The molecule has 8 heteroatoms. The third kappa shape index (κ3) is 4.99. The molecule has 4 nitrogen and oxygen atoms in total. The molecule has 0 N–H and O–H groups in total. The molecule has 3 aromatic carbocycles. The van der Waals surface area contributed by atoms with Gasteiger partial charge in [-0.05, 0) is 70.2 Å². The summed E-state index contributed by atoms with van der Waals surface area (Å²) in [5, 5.41) is 0. The van der Waals surface area contributed by atoms with E-state index in [0.29, 0.717) is 24.5 Å². The van der Waals surface area contributed by atoms with Crippen molar-refractivity contribution in [2.75, 3.05) is 6.54 Å². The zero-order valence-electron chi connectivity index (χ0n) is 21.6. The number of aromatic nitrogens is 3. The van der Waals surface area contributed by atoms with Crippen LogP contribution in [0.15, 0.2) is 77.3 Å². The maximum absolute atomic E-state index is 14.5. The molecule has 0 aliphatic heterocycles. The highest BCUT2D eigenvalue weighted by molar-refractivity contribution is 9.10. The standard InChI is InChI=1S/C30H30BrF3N4/c1-4-16-36(18-21-10-6-5-7-11-21)19-27-28(30(32,33)34)35-29-37(25-12-8-9-13-26(25)38(27)29)24-15-14-22(20(2)3)17-23(24)31/h5-15,17,20H,4,16,18-19H2,1-3H3. The highest BCUT2D eigenvalue weighted by Gasteiger charge is 2.39. The number of rotatable bonds is 8. The molecule has 0 saturated heterocycles. The number of hydrogen-bond acceptors (Lipinski definition) is 2. The van der Waals surface area contributed by atoms with Crippen LogP contribution in [0.2, 0.25) is 0 Å². The fourth-order valence-electron chi connectivity index (χ4n) is 5.05. The molecule has 0 amide bonds. The lowest BCUT2D eigenvalue weighted by atomic mass is 10.0. The summed E-state index contributed by atoms with van der Waals surface area (Å²) in [6, 6.07) is 23.4. The third-order valence-electron chi connectivity index (χ3n) is 6.83. The average molecular weight is 583 g/mol. The van der Waals surface area contributed by atoms with Crippen LogP contribution in [0.3, 0.4) is 0 Å². The first-order chi connectivity index (χ1) is 18.2. The topological polar surface area (TPSA) is 25.5 Å². The number of halogens is 4. The van der Waals surface area contributed by atoms with Crippen molar-refractivity contribution in [2.24, 2.45) is 0 Å². The van der Waals surface area contributed by atoms with Gasteiger partial charge in [0.25, 0.3) is 0 Å². The van der Waals surface area contributed by atoms with E-state index in [1.165, 1.54) is 0 Å². The van der Waals surface area contributed by atoms with Gasteiger partial charge in [-0.25, -0.2) is 4.98 Å². The van der Waals surface area contributed by atoms with Crippen LogP contribution in [0.25, 0.3) is 22.5 Å². The second-order valence-corrected chi connectivity index (χ2v) is 10.8. The summed E-state index contributed by atoms with van der Waals surface area (Å²) in [4.78, 5) is 6.33. The molecule has 0 atom stereocenters. The van der Waals surface area contributed by atoms with Crippen LogP contribution in [0, 0.1) is 0 Å². The van der Waals surface area contributed by atoms with Gasteiger partial charge in [0, 0.05) is 17.6 Å². The Morgan fingerprint density at radius 2 is 1.61 bits per heavy atom. The van der Waals surface area contributed by atoms with Crippen molar-refractivity contribution in [3.05, 3.63) is 99.8 Å². The smallest absolute Gasteiger partial charge is 0.293 e. The molecular weight excluding hydrogens is 553 g/mol. The lowest BCUT2D eigenvalue weighted by molar-refractivity contribution is -0.141. The average Bonchev–Trinajstić information content (AvgIpc) is 3.40. The van der Waals surface area contributed by atoms with E-state index in [2.05, 4.69) is 39.7 Å². The monoisotopic (exact) mass is 582 g/mol. The SMILES string of the molecule is CCCN(Cc1ccccc1)Cc1c(C(F)(F)F)nc2n(-c3ccc(C(C)C)cc3Br)c3ccccc3n12. The van der Waals surface area contributed by atoms with Crippen molar-refractivity contribution >= 4 is 32.7 Å². The largest absolute Gasteiger partial charge is 0.435 e. The Bertz CT molecular complexity index is 1570. The molecule has 2 aromatic heterocycles. The van der Waals surface area contributed by atoms with Gasteiger partial charge in [-0.2, -0.15) is 13.2 Å². The van der Waals surface area contributed by atoms with E-state index in [-0.39, 0.29) is 18.0 Å². The summed E-state index contributed by atoms with van der Waals surface area (Å²) >= 11 is 3.68. The van der Waals surface area contributed by atoms with E-state index in [9.17, 15) is 13.2 Å². The number of alkyl halides is 3. The van der Waals surface area contributed by atoms with Gasteiger partial charge in [-0.3, -0.25) is 13.9 Å². The van der Waals surface area contributed by atoms with E-state index in [4.69, 9.17) is 0 Å². The predicted molar refractivity (Wildman–Crippen MR) is 150 cm³/mol. The molecular formula is C30H30BrF3N4. The first-order valence-corrected chi connectivity index (χ1v) is 13.6. The van der Waals surface area contributed by atoms with Crippen LogP contribution in [-0.2, 0) is 19.3 Å². The van der Waals surface area contributed by atoms with Gasteiger partial charge in [0.05, 0.1) is 22.4 Å². The Labute approximate surface area is 228 Å². The highest BCUT2D eigenvalue weighted by Crippen LogP contribution is 2.38. The normalized spacial score (nSPS) is 12.4. The minimum atomic E-state index is -4.59. The second kappa shape index (κ2) is 10.6. The Morgan fingerprint density at radius 1 is 0.921 bits per heavy atom. The van der Waals surface area contributed by atoms with Crippen LogP contribution in [0.5, 0.6) is 0 Å². The summed E-state index contributed by atoms with van der Waals surface area (Å²) in [6.45, 7) is 7.61. The molecule has 0 saturated carbocycles. The van der Waals surface area contributed by atoms with E-state index >= 15 is 0 Å². The molecule has 0 fully saturated rings. The zero-order valence-corrected chi connectivity index (χ0v) is 23.2. The van der Waals surface area contributed by atoms with Crippen LogP contribution in [0.4, 0.5) is 13.2 Å². The van der Waals surface area contributed by atoms with Crippen molar-refractivity contribution in [1.29, 1.82) is 0 Å². The molecule has 5 aromatic rings. The van der Waals surface area contributed by atoms with Crippen LogP contribution in [0.1, 0.15) is 55.6 Å². The van der Waals surface area contributed by atoms with Crippen molar-refractivity contribution in [1.82, 2.24) is 18.9 Å². The van der Waals surface area contributed by atoms with Gasteiger partial charge < -0.3 is 0 Å². The second-order valence-electron chi connectivity index (χ2n) is 9.93. The molecule has 0 unspecified atom stereocenters. The van der Waals surface area contributed by atoms with Crippen LogP contribution < -0.4 is 0 Å². The Hall–Kier alpha value is -3.10. The van der Waals surface area contributed by atoms with Gasteiger partial charge in [0.15, 0.2) is 5.69 Å². The predicted octanol–water partition coefficient (Wildman–Crippen LogP) is 8.60. The molecule has 0 aliphatic carbocycles. The third-order valence-corrected chi connectivity index (χ3v) is 7.46. The van der Waals surface area contributed by atoms with Gasteiger partial charge >= 0.3 is 6.18 Å². The molecule has 0 radical (unpaired) electrons. The maximum Gasteiger partial charge on any atom is 0.435 e. The van der Waals surface area contributed by atoms with Gasteiger partial charge in [0.2, 0.25) is 5.78 Å². The molecule has 2 heterocycles. The number of benzene rings is 3. The van der Waals surface area contributed by atoms with E-state index in [1.54, 1.807) is 4.40 Å². The first-order valence-electron chi connectivity index (χ1n) is 12.8. The van der Waals surface area contributed by atoms with Crippen molar-refractivity contribution in [3.63, 3.8) is 0 Å². The molecule has 5 rings (SSSR count). The first kappa shape index (κ1) is 26.5. The van der Waals surface area contributed by atoms with Crippen molar-refractivity contribution in [3.8, 4) is 5.69 Å². The number of imidazole rings is 2. The van der Waals surface area contributed by atoms with Crippen molar-refractivity contribution in [2.45, 2.75) is 52.4 Å². The summed E-state index contributed by atoms with van der Waals surface area (Å²) in [6.07, 6.45) is -3.76. The molecule has 38 heavy (non-hydrogen) atoms. The Balaban J connectivity index is 1.73. The van der Waals surface area contributed by atoms with E-state index in [0.717, 1.165) is 33.2 Å². The van der Waals surface area contributed by atoms with Gasteiger partial charge in [0.1, 0.15) is 0 Å². The van der Waals surface area contributed by atoms with Crippen LogP contribution >= 0.6 is 15.9 Å². The van der Waals surface area contributed by atoms with Crippen LogP contribution in [-0.4, -0.2) is 25.4 Å². The number of nitrogens with zero attached hydrogens (tertiary/aromatic N) is 4. The molecule has 198 valence electrons. The zero-order chi connectivity index (χ0) is 27.0. The summed E-state index contributed by atoms with van der Waals surface area (Å²) < 4.78 is 47.7. The van der Waals surface area contributed by atoms with E-state index in [1.807, 2.05) is 84.3 Å². The minimum absolute atomic E-state index is 0.125. The number of para-hydroxylation sites is 2. The number of hydrogen-bond donors (Lipinski definition) is 0.